The molecule has 1 aliphatic heterocycles. The standard InChI is InChI=1S/C22H25ClFN3O2S/c1-15-4-3-5-16(2)22(15)25-20(28)13-26-8-10-27(11-9-26)21(29)14-30-17-6-7-19(24)18(23)12-17/h3-7,12H,8-11,13-14H2,1-2H3,(H,25,28). The molecule has 1 heterocycles. The minimum Gasteiger partial charge on any atom is -0.339 e. The first-order chi connectivity index (χ1) is 14.3. The minimum absolute atomic E-state index is 0.0279. The fourth-order valence-corrected chi connectivity index (χ4v) is 4.44. The predicted octanol–water partition coefficient (Wildman–Crippen LogP) is 3.97. The van der Waals surface area contributed by atoms with Crippen LogP contribution in [0.2, 0.25) is 5.02 Å². The first-order valence-electron chi connectivity index (χ1n) is 9.77. The second kappa shape index (κ2) is 10.3. The third-order valence-electron chi connectivity index (χ3n) is 5.09. The van der Waals surface area contributed by atoms with Crippen molar-refractivity contribution in [2.75, 3.05) is 43.8 Å². The maximum absolute atomic E-state index is 13.2. The van der Waals surface area contributed by atoms with Crippen molar-refractivity contribution in [3.63, 3.8) is 0 Å². The Morgan fingerprint density at radius 3 is 2.40 bits per heavy atom. The van der Waals surface area contributed by atoms with Crippen LogP contribution < -0.4 is 5.32 Å². The van der Waals surface area contributed by atoms with Crippen LogP contribution >= 0.6 is 23.4 Å². The second-order valence-corrected chi connectivity index (χ2v) is 8.79. The maximum Gasteiger partial charge on any atom is 0.238 e. The summed E-state index contributed by atoms with van der Waals surface area (Å²) >= 11 is 7.12. The van der Waals surface area contributed by atoms with Gasteiger partial charge >= 0.3 is 0 Å². The van der Waals surface area contributed by atoms with E-state index in [-0.39, 0.29) is 22.6 Å². The monoisotopic (exact) mass is 449 g/mol. The zero-order valence-corrected chi connectivity index (χ0v) is 18.7. The molecule has 0 unspecified atom stereocenters. The summed E-state index contributed by atoms with van der Waals surface area (Å²) in [4.78, 5) is 29.5. The number of para-hydroxylation sites is 1. The van der Waals surface area contributed by atoms with Crippen LogP contribution in [0, 0.1) is 19.7 Å². The molecule has 1 aliphatic rings. The third-order valence-corrected chi connectivity index (χ3v) is 6.36. The van der Waals surface area contributed by atoms with E-state index in [0.29, 0.717) is 32.7 Å². The van der Waals surface area contributed by atoms with Crippen LogP contribution in [0.25, 0.3) is 0 Å². The molecule has 1 N–H and O–H groups in total. The Balaban J connectivity index is 1.43. The van der Waals surface area contributed by atoms with Crippen LogP contribution in [0.15, 0.2) is 41.3 Å². The lowest BCUT2D eigenvalue weighted by molar-refractivity contribution is -0.130. The lowest BCUT2D eigenvalue weighted by Crippen LogP contribution is -2.50. The molecule has 0 atom stereocenters. The highest BCUT2D eigenvalue weighted by atomic mass is 35.5. The highest BCUT2D eigenvalue weighted by molar-refractivity contribution is 8.00. The summed E-state index contributed by atoms with van der Waals surface area (Å²) in [5, 5.41) is 3.06. The molecule has 0 spiro atoms. The lowest BCUT2D eigenvalue weighted by atomic mass is 10.1. The van der Waals surface area contributed by atoms with E-state index in [1.807, 2.05) is 32.0 Å². The molecule has 2 amide bonds. The average Bonchev–Trinajstić information content (AvgIpc) is 2.72. The maximum atomic E-state index is 13.2. The van der Waals surface area contributed by atoms with Gasteiger partial charge in [-0.2, -0.15) is 0 Å². The minimum atomic E-state index is -0.468. The number of rotatable bonds is 6. The van der Waals surface area contributed by atoms with Gasteiger partial charge in [0, 0.05) is 36.8 Å². The van der Waals surface area contributed by atoms with Gasteiger partial charge in [0.25, 0.3) is 0 Å². The SMILES string of the molecule is Cc1cccc(C)c1NC(=O)CN1CCN(C(=O)CSc2ccc(F)c(Cl)c2)CC1. The zero-order chi connectivity index (χ0) is 21.7. The van der Waals surface area contributed by atoms with Crippen molar-refractivity contribution in [2.45, 2.75) is 18.7 Å². The molecule has 160 valence electrons. The highest BCUT2D eigenvalue weighted by Gasteiger charge is 2.22. The van der Waals surface area contributed by atoms with Gasteiger partial charge in [-0.05, 0) is 43.2 Å². The summed E-state index contributed by atoms with van der Waals surface area (Å²) in [6, 6.07) is 10.4. The van der Waals surface area contributed by atoms with Gasteiger partial charge in [-0.25, -0.2) is 4.39 Å². The van der Waals surface area contributed by atoms with Gasteiger partial charge in [0.2, 0.25) is 11.8 Å². The molecule has 30 heavy (non-hydrogen) atoms. The van der Waals surface area contributed by atoms with E-state index in [9.17, 15) is 14.0 Å². The number of benzene rings is 2. The molecule has 0 aliphatic carbocycles. The number of anilines is 1. The summed E-state index contributed by atoms with van der Waals surface area (Å²) in [6.45, 7) is 6.73. The summed E-state index contributed by atoms with van der Waals surface area (Å²) in [6.07, 6.45) is 0. The Bertz CT molecular complexity index is 912. The number of nitrogens with one attached hydrogen (secondary N) is 1. The molecular weight excluding hydrogens is 425 g/mol. The smallest absolute Gasteiger partial charge is 0.238 e. The summed E-state index contributed by atoms with van der Waals surface area (Å²) in [5.41, 5.74) is 2.95. The normalized spacial score (nSPS) is 14.6. The first-order valence-corrected chi connectivity index (χ1v) is 11.1. The molecule has 0 saturated carbocycles. The predicted molar refractivity (Wildman–Crippen MR) is 120 cm³/mol. The van der Waals surface area contributed by atoms with Crippen LogP contribution in [0.1, 0.15) is 11.1 Å². The van der Waals surface area contributed by atoms with Crippen LogP contribution in [-0.2, 0) is 9.59 Å². The van der Waals surface area contributed by atoms with E-state index < -0.39 is 5.82 Å². The van der Waals surface area contributed by atoms with Crippen molar-refractivity contribution in [1.82, 2.24) is 9.80 Å². The second-order valence-electron chi connectivity index (χ2n) is 7.34. The van der Waals surface area contributed by atoms with E-state index in [2.05, 4.69) is 10.2 Å². The van der Waals surface area contributed by atoms with Gasteiger partial charge in [-0.3, -0.25) is 14.5 Å². The molecule has 1 fully saturated rings. The summed E-state index contributed by atoms with van der Waals surface area (Å²) < 4.78 is 13.2. The number of hydrogen-bond acceptors (Lipinski definition) is 4. The molecule has 2 aromatic carbocycles. The lowest BCUT2D eigenvalue weighted by Gasteiger charge is -2.34. The Labute approximate surface area is 185 Å². The molecule has 1 saturated heterocycles. The molecule has 2 aromatic rings. The highest BCUT2D eigenvalue weighted by Crippen LogP contribution is 2.24. The van der Waals surface area contributed by atoms with Crippen LogP contribution in [0.3, 0.4) is 0 Å². The molecule has 3 rings (SSSR count). The quantitative estimate of drug-likeness (QED) is 0.678. The van der Waals surface area contributed by atoms with Crippen LogP contribution in [-0.4, -0.2) is 60.1 Å². The van der Waals surface area contributed by atoms with Crippen LogP contribution in [0.4, 0.5) is 10.1 Å². The number of hydrogen-bond donors (Lipinski definition) is 1. The van der Waals surface area contributed by atoms with E-state index >= 15 is 0 Å². The first kappa shape index (κ1) is 22.6. The van der Waals surface area contributed by atoms with Crippen molar-refractivity contribution in [3.05, 3.63) is 58.4 Å². The topological polar surface area (TPSA) is 52.7 Å². The third kappa shape index (κ3) is 5.97. The number of aryl methyl sites for hydroxylation is 2. The molecule has 8 heteroatoms. The largest absolute Gasteiger partial charge is 0.339 e. The van der Waals surface area contributed by atoms with Gasteiger partial charge in [0.05, 0.1) is 17.3 Å². The molecule has 0 aromatic heterocycles. The number of piperazine rings is 1. The van der Waals surface area contributed by atoms with E-state index in [1.54, 1.807) is 11.0 Å². The Hall–Kier alpha value is -2.09. The number of carbonyl (C=O) groups excluding carboxylic acids is 2. The van der Waals surface area contributed by atoms with E-state index in [0.717, 1.165) is 21.7 Å². The number of thioether (sulfide) groups is 1. The fraction of sp³-hybridized carbons (Fsp3) is 0.364. The van der Waals surface area contributed by atoms with E-state index in [4.69, 9.17) is 11.6 Å². The fourth-order valence-electron chi connectivity index (χ4n) is 3.35. The van der Waals surface area contributed by atoms with Crippen molar-refractivity contribution < 1.29 is 14.0 Å². The van der Waals surface area contributed by atoms with E-state index in [1.165, 1.54) is 23.9 Å². The Morgan fingerprint density at radius 2 is 1.77 bits per heavy atom. The van der Waals surface area contributed by atoms with Crippen molar-refractivity contribution >= 4 is 40.9 Å². The average molecular weight is 450 g/mol. The molecule has 0 radical (unpaired) electrons. The van der Waals surface area contributed by atoms with Crippen LogP contribution in [0.5, 0.6) is 0 Å². The summed E-state index contributed by atoms with van der Waals surface area (Å²) in [7, 11) is 0. The Kier molecular flexibility index (Phi) is 7.75. The number of carbonyl (C=O) groups is 2. The number of halogens is 2. The molecule has 5 nitrogen and oxygen atoms in total. The zero-order valence-electron chi connectivity index (χ0n) is 17.1. The van der Waals surface area contributed by atoms with Gasteiger partial charge < -0.3 is 10.2 Å². The molecule has 0 bridgehead atoms. The number of nitrogens with zero attached hydrogens (tertiary/aromatic N) is 2. The van der Waals surface area contributed by atoms with Gasteiger partial charge in [-0.1, -0.05) is 29.8 Å². The van der Waals surface area contributed by atoms with Crippen molar-refractivity contribution in [1.29, 1.82) is 0 Å². The van der Waals surface area contributed by atoms with Gasteiger partial charge in [0.1, 0.15) is 5.82 Å². The van der Waals surface area contributed by atoms with Crippen molar-refractivity contribution in [2.24, 2.45) is 0 Å². The van der Waals surface area contributed by atoms with Gasteiger partial charge in [-0.15, -0.1) is 11.8 Å². The summed E-state index contributed by atoms with van der Waals surface area (Å²) in [5.74, 6) is -0.212. The van der Waals surface area contributed by atoms with Gasteiger partial charge in [0.15, 0.2) is 0 Å². The van der Waals surface area contributed by atoms with Crippen molar-refractivity contribution in [3.8, 4) is 0 Å². The number of amides is 2. The molecular formula is C22H25ClFN3O2S. The Morgan fingerprint density at radius 1 is 1.10 bits per heavy atom.